The highest BCUT2D eigenvalue weighted by Gasteiger charge is 2.32. The van der Waals surface area contributed by atoms with Crippen LogP contribution in [-0.2, 0) is 4.79 Å². The first kappa shape index (κ1) is 32.7. The number of benzene rings is 3. The molecule has 3 aromatic carbocycles. The van der Waals surface area contributed by atoms with Crippen LogP contribution in [0.4, 0.5) is 18.9 Å². The predicted octanol–water partition coefficient (Wildman–Crippen LogP) is 7.02. The van der Waals surface area contributed by atoms with Crippen LogP contribution in [0.5, 0.6) is 5.75 Å². The molecule has 1 saturated heterocycles. The number of alkyl halides is 3. The lowest BCUT2D eigenvalue weighted by Crippen LogP contribution is -2.32. The van der Waals surface area contributed by atoms with Crippen molar-refractivity contribution in [3.8, 4) is 34.7 Å². The van der Waals surface area contributed by atoms with Gasteiger partial charge in [-0.05, 0) is 90.8 Å². The highest BCUT2D eigenvalue weighted by Crippen LogP contribution is 2.34. The lowest BCUT2D eigenvalue weighted by molar-refractivity contribution is -0.274. The third-order valence-corrected chi connectivity index (χ3v) is 7.90. The van der Waals surface area contributed by atoms with Crippen molar-refractivity contribution in [2.24, 2.45) is 4.99 Å². The summed E-state index contributed by atoms with van der Waals surface area (Å²) >= 11 is 6.82. The van der Waals surface area contributed by atoms with Crippen molar-refractivity contribution in [2.75, 3.05) is 17.2 Å². The molecule has 13 heteroatoms. The summed E-state index contributed by atoms with van der Waals surface area (Å²) in [5, 5.41) is 8.38. The van der Waals surface area contributed by atoms with Crippen LogP contribution in [0.1, 0.15) is 42.9 Å². The zero-order valence-electron chi connectivity index (χ0n) is 25.1. The van der Waals surface area contributed by atoms with E-state index in [1.54, 1.807) is 4.90 Å². The van der Waals surface area contributed by atoms with Gasteiger partial charge in [0.1, 0.15) is 12.1 Å². The number of ether oxygens (including phenoxy) is 1. The van der Waals surface area contributed by atoms with Gasteiger partial charge in [0.2, 0.25) is 5.91 Å². The fraction of sp³-hybridized carbons (Fsp3) is 0.242. The standard InChI is InChI=1S/C33H29F3N6O2S2/c1-21(2)27-16-7-22(3)18-28(27)42-29(43)19-46-32(42)39-31(45)37-17-5-4-6-23-8-10-24(11-9-23)30-38-20-41(40-30)25-12-14-26(15-13-25)44-33(34,35)36/h7-16,18,20-21H,5,17,19H2,1-3H3,(H,37,45). The first-order valence-corrected chi connectivity index (χ1v) is 15.7. The van der Waals surface area contributed by atoms with E-state index >= 15 is 0 Å². The molecule has 1 fully saturated rings. The number of rotatable bonds is 7. The van der Waals surface area contributed by atoms with Gasteiger partial charge >= 0.3 is 6.36 Å². The van der Waals surface area contributed by atoms with Crippen molar-refractivity contribution >= 4 is 45.9 Å². The van der Waals surface area contributed by atoms with Gasteiger partial charge in [-0.3, -0.25) is 9.69 Å². The molecule has 0 aliphatic carbocycles. The van der Waals surface area contributed by atoms with E-state index in [4.69, 9.17) is 12.2 Å². The minimum Gasteiger partial charge on any atom is -0.406 e. The molecule has 1 N–H and O–H groups in total. The number of nitrogens with one attached hydrogen (secondary N) is 1. The predicted molar refractivity (Wildman–Crippen MR) is 178 cm³/mol. The Kier molecular flexibility index (Phi) is 10.1. The average Bonchev–Trinajstić information content (AvgIpc) is 3.64. The number of amidine groups is 1. The molecule has 0 saturated carbocycles. The van der Waals surface area contributed by atoms with Gasteiger partial charge in [0.05, 0.1) is 17.1 Å². The van der Waals surface area contributed by atoms with Gasteiger partial charge < -0.3 is 10.1 Å². The van der Waals surface area contributed by atoms with E-state index in [9.17, 15) is 18.0 Å². The number of aromatic nitrogens is 3. The number of amides is 1. The van der Waals surface area contributed by atoms with Crippen LogP contribution in [0.25, 0.3) is 17.1 Å². The SMILES string of the molecule is Cc1ccc(C(C)C)c(N2C(=O)CSC2=NC(=S)NCCC#Cc2ccc(-c3ncn(-c4ccc(OC(F)(F)F)cc4)n3)cc2)c1. The van der Waals surface area contributed by atoms with E-state index in [0.717, 1.165) is 27.9 Å². The zero-order valence-corrected chi connectivity index (χ0v) is 26.8. The highest BCUT2D eigenvalue weighted by atomic mass is 32.2. The van der Waals surface area contributed by atoms with Gasteiger partial charge in [0.15, 0.2) is 16.1 Å². The Morgan fingerprint density at radius 1 is 1.13 bits per heavy atom. The first-order valence-electron chi connectivity index (χ1n) is 14.3. The normalized spacial score (nSPS) is 14.0. The molecule has 0 radical (unpaired) electrons. The lowest BCUT2D eigenvalue weighted by atomic mass is 9.99. The van der Waals surface area contributed by atoms with Crippen molar-refractivity contribution in [3.63, 3.8) is 0 Å². The summed E-state index contributed by atoms with van der Waals surface area (Å²) in [5.74, 6) is 6.91. The maximum atomic E-state index is 12.8. The Hall–Kier alpha value is -4.67. The Balaban J connectivity index is 1.14. The van der Waals surface area contributed by atoms with Crippen molar-refractivity contribution in [1.29, 1.82) is 0 Å². The molecule has 1 aliphatic heterocycles. The fourth-order valence-corrected chi connectivity index (χ4v) is 5.68. The molecule has 46 heavy (non-hydrogen) atoms. The summed E-state index contributed by atoms with van der Waals surface area (Å²) < 4.78 is 42.6. The quantitative estimate of drug-likeness (QED) is 0.129. The smallest absolute Gasteiger partial charge is 0.406 e. The number of anilines is 1. The third kappa shape index (κ3) is 8.32. The maximum Gasteiger partial charge on any atom is 0.573 e. The number of hydrogen-bond donors (Lipinski definition) is 1. The van der Waals surface area contributed by atoms with E-state index < -0.39 is 6.36 Å². The molecule has 8 nitrogen and oxygen atoms in total. The third-order valence-electron chi connectivity index (χ3n) is 6.74. The molecule has 1 amide bonds. The number of aliphatic imine (C=N–C) groups is 1. The molecular formula is C33H29F3N6O2S2. The molecule has 5 rings (SSSR count). The van der Waals surface area contributed by atoms with Crippen LogP contribution in [0.3, 0.4) is 0 Å². The zero-order chi connectivity index (χ0) is 32.8. The number of thioether (sulfide) groups is 1. The van der Waals surface area contributed by atoms with Crippen LogP contribution in [0, 0.1) is 18.8 Å². The Morgan fingerprint density at radius 3 is 2.57 bits per heavy atom. The number of hydrogen-bond acceptors (Lipinski definition) is 6. The van der Waals surface area contributed by atoms with Gasteiger partial charge in [-0.2, -0.15) is 4.99 Å². The first-order chi connectivity index (χ1) is 22.0. The molecule has 0 unspecified atom stereocenters. The average molecular weight is 663 g/mol. The van der Waals surface area contributed by atoms with Gasteiger partial charge in [-0.15, -0.1) is 18.3 Å². The minimum absolute atomic E-state index is 0.0202. The van der Waals surface area contributed by atoms with Crippen molar-refractivity contribution < 1.29 is 22.7 Å². The second-order valence-electron chi connectivity index (χ2n) is 10.5. The Morgan fingerprint density at radius 2 is 1.87 bits per heavy atom. The maximum absolute atomic E-state index is 12.8. The van der Waals surface area contributed by atoms with E-state index in [0.29, 0.717) is 40.5 Å². The number of thiocarbonyl (C=S) groups is 1. The molecule has 0 bridgehead atoms. The Bertz CT molecular complexity index is 1830. The van der Waals surface area contributed by atoms with E-state index in [1.807, 2.05) is 43.3 Å². The second kappa shape index (κ2) is 14.2. The van der Waals surface area contributed by atoms with E-state index in [2.05, 4.69) is 56.9 Å². The summed E-state index contributed by atoms with van der Waals surface area (Å²) in [6.07, 6.45) is -2.74. The van der Waals surface area contributed by atoms with E-state index in [1.165, 1.54) is 47.0 Å². The van der Waals surface area contributed by atoms with Gasteiger partial charge in [-0.1, -0.05) is 49.6 Å². The van der Waals surface area contributed by atoms with E-state index in [-0.39, 0.29) is 17.6 Å². The van der Waals surface area contributed by atoms with Crippen LogP contribution >= 0.6 is 24.0 Å². The second-order valence-corrected chi connectivity index (χ2v) is 11.9. The monoisotopic (exact) mass is 662 g/mol. The molecular weight excluding hydrogens is 634 g/mol. The van der Waals surface area contributed by atoms with Gasteiger partial charge in [0, 0.05) is 24.1 Å². The summed E-state index contributed by atoms with van der Waals surface area (Å²) in [4.78, 5) is 23.3. The molecule has 4 aromatic rings. The minimum atomic E-state index is -4.75. The highest BCUT2D eigenvalue weighted by molar-refractivity contribution is 8.15. The lowest BCUT2D eigenvalue weighted by Gasteiger charge is -2.22. The van der Waals surface area contributed by atoms with Crippen molar-refractivity contribution in [2.45, 2.75) is 39.5 Å². The topological polar surface area (TPSA) is 84.6 Å². The number of nitrogens with zero attached hydrogens (tertiary/aromatic N) is 5. The van der Waals surface area contributed by atoms with Gasteiger partial charge in [-0.25, -0.2) is 9.67 Å². The van der Waals surface area contributed by atoms with Crippen LogP contribution in [0.15, 0.2) is 78.0 Å². The summed E-state index contributed by atoms with van der Waals surface area (Å²) in [5.41, 5.74) is 5.10. The molecule has 2 heterocycles. The van der Waals surface area contributed by atoms with Crippen LogP contribution in [0.2, 0.25) is 0 Å². The number of aryl methyl sites for hydroxylation is 1. The number of halogens is 3. The molecule has 0 atom stereocenters. The number of carbonyl (C=O) groups is 1. The largest absolute Gasteiger partial charge is 0.573 e. The summed E-state index contributed by atoms with van der Waals surface area (Å²) in [7, 11) is 0. The molecule has 1 aliphatic rings. The Labute approximate surface area is 274 Å². The number of carbonyl (C=O) groups excluding carboxylic acids is 1. The van der Waals surface area contributed by atoms with Crippen molar-refractivity contribution in [1.82, 2.24) is 20.1 Å². The summed E-state index contributed by atoms with van der Waals surface area (Å²) in [6, 6.07) is 18.9. The van der Waals surface area contributed by atoms with Crippen LogP contribution in [-0.4, -0.2) is 49.6 Å². The molecule has 0 spiro atoms. The van der Waals surface area contributed by atoms with Crippen molar-refractivity contribution in [3.05, 3.63) is 89.7 Å². The summed E-state index contributed by atoms with van der Waals surface area (Å²) in [6.45, 7) is 6.69. The van der Waals surface area contributed by atoms with Gasteiger partial charge in [0.25, 0.3) is 0 Å². The van der Waals surface area contributed by atoms with Crippen LogP contribution < -0.4 is 15.0 Å². The fourth-order valence-electron chi connectivity index (χ4n) is 4.56. The molecule has 236 valence electrons. The molecule has 1 aromatic heterocycles.